The maximum atomic E-state index is 12.4. The van der Waals surface area contributed by atoms with Crippen LogP contribution in [0.4, 0.5) is 0 Å². The summed E-state index contributed by atoms with van der Waals surface area (Å²) in [4.78, 5) is 13.6. The van der Waals surface area contributed by atoms with Gasteiger partial charge in [-0.1, -0.05) is 115 Å². The molecule has 0 saturated heterocycles. The predicted molar refractivity (Wildman–Crippen MR) is 145 cm³/mol. The summed E-state index contributed by atoms with van der Waals surface area (Å²) in [6.45, 7) is 2.09. The number of nitrogens with zero attached hydrogens (tertiary/aromatic N) is 1. The van der Waals surface area contributed by atoms with Crippen molar-refractivity contribution in [2.45, 2.75) is 116 Å². The van der Waals surface area contributed by atoms with Crippen LogP contribution in [0.15, 0.2) is 35.3 Å². The first kappa shape index (κ1) is 36.6. The molecule has 0 fully saturated rings. The van der Waals surface area contributed by atoms with Crippen molar-refractivity contribution < 1.29 is 57.9 Å². The summed E-state index contributed by atoms with van der Waals surface area (Å²) in [6.07, 6.45) is 19.5. The largest absolute Gasteiger partial charge is 1.00 e. The summed E-state index contributed by atoms with van der Waals surface area (Å²) in [6, 6.07) is 8.45. The van der Waals surface area contributed by atoms with Crippen LogP contribution in [0, 0.1) is 0 Å². The zero-order valence-corrected chi connectivity index (χ0v) is 26.5. The number of ether oxygens (including phenoxy) is 1. The quantitative estimate of drug-likeness (QED) is 0.0682. The molecule has 9 heteroatoms. The molecule has 1 unspecified atom stereocenters. The predicted octanol–water partition coefficient (Wildman–Crippen LogP) is 4.22. The van der Waals surface area contributed by atoms with Gasteiger partial charge in [0.2, 0.25) is 0 Å². The SMILES string of the molecule is CCCCCCCCCCCCCCCCCC([O-])=N[C@@H](COc1ccccc1)COP(=O)(O)OC.[Na+]. The minimum absolute atomic E-state index is 0. The first-order valence-corrected chi connectivity index (χ1v) is 15.4. The van der Waals surface area contributed by atoms with E-state index in [4.69, 9.17) is 9.26 Å². The fourth-order valence-electron chi connectivity index (χ4n) is 3.98. The van der Waals surface area contributed by atoms with E-state index in [1.165, 1.54) is 77.0 Å². The number of hydrogen-bond acceptors (Lipinski definition) is 6. The number of phosphoric ester groups is 1. The van der Waals surface area contributed by atoms with Gasteiger partial charge in [-0.3, -0.25) is 14.0 Å². The number of phosphoric acid groups is 1. The third-order valence-corrected chi connectivity index (χ3v) is 7.10. The van der Waals surface area contributed by atoms with Gasteiger partial charge < -0.3 is 14.7 Å². The Kier molecular flexibility index (Phi) is 24.4. The van der Waals surface area contributed by atoms with Crippen molar-refractivity contribution in [3.8, 4) is 5.75 Å². The molecule has 0 spiro atoms. The van der Waals surface area contributed by atoms with Crippen molar-refractivity contribution in [3.05, 3.63) is 30.3 Å². The molecular weight excluding hydrogens is 500 g/mol. The van der Waals surface area contributed by atoms with Gasteiger partial charge in [0, 0.05) is 7.11 Å². The first-order chi connectivity index (χ1) is 17.5. The summed E-state index contributed by atoms with van der Waals surface area (Å²) in [5.41, 5.74) is 0. The summed E-state index contributed by atoms with van der Waals surface area (Å²) < 4.78 is 26.6. The normalized spacial score (nSPS) is 14.1. The number of aliphatic imine (C=N–C) groups is 1. The third-order valence-electron chi connectivity index (χ3n) is 6.17. The van der Waals surface area contributed by atoms with Crippen LogP contribution in [0.2, 0.25) is 0 Å². The van der Waals surface area contributed by atoms with Gasteiger partial charge in [0.15, 0.2) is 0 Å². The molecule has 2 atom stereocenters. The molecule has 208 valence electrons. The molecule has 1 aromatic rings. The molecular formula is C28H49NNaO6P. The molecule has 0 heterocycles. The summed E-state index contributed by atoms with van der Waals surface area (Å²) >= 11 is 0. The molecule has 1 rings (SSSR count). The van der Waals surface area contributed by atoms with Gasteiger partial charge in [-0.25, -0.2) is 4.57 Å². The van der Waals surface area contributed by atoms with Crippen LogP contribution < -0.4 is 39.4 Å². The minimum Gasteiger partial charge on any atom is -0.862 e. The van der Waals surface area contributed by atoms with Crippen LogP contribution in [0.3, 0.4) is 0 Å². The maximum absolute atomic E-state index is 12.4. The molecule has 0 radical (unpaired) electrons. The Balaban J connectivity index is 0.0000130. The maximum Gasteiger partial charge on any atom is 1.00 e. The Morgan fingerprint density at radius 3 is 1.84 bits per heavy atom. The van der Waals surface area contributed by atoms with E-state index in [1.54, 1.807) is 12.1 Å². The molecule has 37 heavy (non-hydrogen) atoms. The number of rotatable bonds is 24. The van der Waals surface area contributed by atoms with Gasteiger partial charge in [-0.15, -0.1) is 0 Å². The minimum atomic E-state index is -4.15. The van der Waals surface area contributed by atoms with E-state index in [0.29, 0.717) is 12.2 Å². The Hall–Kier alpha value is -0.400. The van der Waals surface area contributed by atoms with Gasteiger partial charge in [0.25, 0.3) is 0 Å². The van der Waals surface area contributed by atoms with Gasteiger partial charge in [0.05, 0.1) is 6.61 Å². The molecule has 0 aliphatic carbocycles. The zero-order chi connectivity index (χ0) is 26.3. The molecule has 0 aliphatic rings. The Morgan fingerprint density at radius 2 is 1.35 bits per heavy atom. The van der Waals surface area contributed by atoms with E-state index in [9.17, 15) is 14.6 Å². The summed E-state index contributed by atoms with van der Waals surface area (Å²) in [7, 11) is -3.05. The summed E-state index contributed by atoms with van der Waals surface area (Å²) in [5, 5.41) is 12.4. The average molecular weight is 550 g/mol. The van der Waals surface area contributed by atoms with E-state index < -0.39 is 13.9 Å². The molecule has 1 aromatic carbocycles. The molecule has 0 aromatic heterocycles. The fraction of sp³-hybridized carbons (Fsp3) is 0.750. The van der Waals surface area contributed by atoms with Crippen molar-refractivity contribution in [1.82, 2.24) is 0 Å². The average Bonchev–Trinajstić information content (AvgIpc) is 2.88. The van der Waals surface area contributed by atoms with Gasteiger partial charge >= 0.3 is 37.4 Å². The first-order valence-electron chi connectivity index (χ1n) is 13.9. The molecule has 0 bridgehead atoms. The second-order valence-corrected chi connectivity index (χ2v) is 11.0. The molecule has 0 amide bonds. The van der Waals surface area contributed by atoms with Gasteiger partial charge in [-0.2, -0.15) is 0 Å². The smallest absolute Gasteiger partial charge is 0.862 e. The van der Waals surface area contributed by atoms with E-state index in [1.807, 2.05) is 18.2 Å². The number of para-hydroxylation sites is 1. The van der Waals surface area contributed by atoms with E-state index in [0.717, 1.165) is 26.4 Å². The van der Waals surface area contributed by atoms with Crippen molar-refractivity contribution in [1.29, 1.82) is 0 Å². The van der Waals surface area contributed by atoms with Gasteiger partial charge in [0.1, 0.15) is 18.4 Å². The topological polar surface area (TPSA) is 100 Å². The third kappa shape index (κ3) is 22.1. The molecule has 1 N–H and O–H groups in total. The van der Waals surface area contributed by atoms with Crippen LogP contribution in [-0.4, -0.2) is 37.2 Å². The van der Waals surface area contributed by atoms with Crippen LogP contribution in [0.1, 0.15) is 110 Å². The zero-order valence-electron chi connectivity index (χ0n) is 23.6. The van der Waals surface area contributed by atoms with Crippen molar-refractivity contribution in [3.63, 3.8) is 0 Å². The Bertz CT molecular complexity index is 722. The molecule has 0 saturated carbocycles. The number of benzene rings is 1. The second kappa shape index (κ2) is 24.6. The Labute approximate surface area is 247 Å². The van der Waals surface area contributed by atoms with E-state index >= 15 is 0 Å². The summed E-state index contributed by atoms with van der Waals surface area (Å²) in [5.74, 6) is 0.395. The monoisotopic (exact) mass is 549 g/mol. The van der Waals surface area contributed by atoms with Crippen molar-refractivity contribution in [2.75, 3.05) is 20.3 Å². The standard InChI is InChI=1S/C28H50NO6P.Na/c1-3-4-5-6-7-8-9-10-11-12-13-14-15-16-20-23-28(30)29-26(25-35-36(31,32)33-2)24-34-27-21-18-17-19-22-27;/h17-19,21-22,26H,3-16,20,23-25H2,1-2H3,(H,29,30)(H,31,32);/q;+1/p-1/t26-;/m0./s1. The van der Waals surface area contributed by atoms with Crippen molar-refractivity contribution in [2.24, 2.45) is 4.99 Å². The molecule has 7 nitrogen and oxygen atoms in total. The fourth-order valence-corrected chi connectivity index (χ4v) is 4.45. The van der Waals surface area contributed by atoms with E-state index in [2.05, 4.69) is 16.4 Å². The number of unbranched alkanes of at least 4 members (excludes halogenated alkanes) is 14. The number of hydrogen-bond donors (Lipinski definition) is 1. The van der Waals surface area contributed by atoms with Crippen LogP contribution in [-0.2, 0) is 13.6 Å². The van der Waals surface area contributed by atoms with Crippen molar-refractivity contribution >= 4 is 13.7 Å². The van der Waals surface area contributed by atoms with Crippen LogP contribution >= 0.6 is 7.82 Å². The van der Waals surface area contributed by atoms with Gasteiger partial charge in [-0.05, 0) is 30.9 Å². The van der Waals surface area contributed by atoms with Crippen LogP contribution in [0.5, 0.6) is 5.75 Å². The van der Waals surface area contributed by atoms with E-state index in [-0.39, 0.29) is 48.7 Å². The molecule has 0 aliphatic heterocycles. The second-order valence-electron chi connectivity index (χ2n) is 9.45. The van der Waals surface area contributed by atoms with Crippen LogP contribution in [0.25, 0.3) is 0 Å². The Morgan fingerprint density at radius 1 is 0.865 bits per heavy atom.